The number of nitrogens with zero attached hydrogens (tertiary/aromatic N) is 7. The minimum atomic E-state index is -0.670. The van der Waals surface area contributed by atoms with Crippen LogP contribution in [-0.4, -0.2) is 79.8 Å². The predicted octanol–water partition coefficient (Wildman–Crippen LogP) is 4.76. The van der Waals surface area contributed by atoms with Gasteiger partial charge in [0.05, 0.1) is 61.2 Å². The first-order valence-corrected chi connectivity index (χ1v) is 17.3. The standard InChI is InChI=1S/C36H39FN8O4.C2H6/c1-36(2,3)24-11-22-14-40-45(35(48)33(22)29(37)13-24)31-17-38-16-27(28(31)19-46)23-12-30(34(47)42(4)18-23)41-32-6-5-25(15-39-32)43-7-9-44(10-8-43)26-20-49-21-26;1-2/h5-6,11-18,26,46H,7-10,19-21H2,1-4H3,(H,39,41);1-2H3. The van der Waals surface area contributed by atoms with Gasteiger partial charge in [-0.15, -0.1) is 0 Å². The molecule has 0 saturated carbocycles. The molecule has 0 radical (unpaired) electrons. The van der Waals surface area contributed by atoms with Crippen LogP contribution in [0.3, 0.4) is 0 Å². The van der Waals surface area contributed by atoms with Crippen LogP contribution in [0.2, 0.25) is 0 Å². The summed E-state index contributed by atoms with van der Waals surface area (Å²) in [6.07, 6.45) is 7.83. The van der Waals surface area contributed by atoms with Crippen molar-refractivity contribution in [1.29, 1.82) is 0 Å². The van der Waals surface area contributed by atoms with Crippen LogP contribution in [0.25, 0.3) is 27.6 Å². The third-order valence-corrected chi connectivity index (χ3v) is 9.45. The number of ether oxygens (including phenoxy) is 1. The van der Waals surface area contributed by atoms with E-state index in [-0.39, 0.29) is 27.7 Å². The second kappa shape index (κ2) is 14.7. The van der Waals surface area contributed by atoms with Crippen LogP contribution >= 0.6 is 0 Å². The van der Waals surface area contributed by atoms with Gasteiger partial charge in [-0.3, -0.25) is 19.5 Å². The summed E-state index contributed by atoms with van der Waals surface area (Å²) in [6, 6.07) is 9.17. The van der Waals surface area contributed by atoms with Gasteiger partial charge >= 0.3 is 0 Å². The minimum Gasteiger partial charge on any atom is -0.392 e. The molecule has 2 saturated heterocycles. The van der Waals surface area contributed by atoms with Gasteiger partial charge < -0.3 is 24.6 Å². The highest BCUT2D eigenvalue weighted by molar-refractivity contribution is 5.83. The summed E-state index contributed by atoms with van der Waals surface area (Å²) in [6.45, 7) is 14.8. The lowest BCUT2D eigenvalue weighted by atomic mass is 9.86. The van der Waals surface area contributed by atoms with Gasteiger partial charge in [0, 0.05) is 67.7 Å². The minimum absolute atomic E-state index is 0.101. The summed E-state index contributed by atoms with van der Waals surface area (Å²) >= 11 is 0. The van der Waals surface area contributed by atoms with Crippen LogP contribution in [0, 0.1) is 5.82 Å². The van der Waals surface area contributed by atoms with Crippen molar-refractivity contribution < 1.29 is 14.2 Å². The molecule has 12 nitrogen and oxygen atoms in total. The van der Waals surface area contributed by atoms with E-state index in [1.54, 1.807) is 37.8 Å². The van der Waals surface area contributed by atoms with Crippen molar-refractivity contribution in [3.05, 3.63) is 99.0 Å². The molecule has 0 spiro atoms. The van der Waals surface area contributed by atoms with E-state index in [9.17, 15) is 14.7 Å². The van der Waals surface area contributed by atoms with Gasteiger partial charge in [0.1, 0.15) is 17.3 Å². The molecule has 5 aromatic rings. The Morgan fingerprint density at radius 1 is 0.980 bits per heavy atom. The number of nitrogens with one attached hydrogen (secondary N) is 1. The molecule has 1 aromatic carbocycles. The van der Waals surface area contributed by atoms with Gasteiger partial charge in [-0.05, 0) is 41.3 Å². The number of anilines is 3. The molecule has 7 rings (SSSR count). The van der Waals surface area contributed by atoms with Gasteiger partial charge in [0.2, 0.25) is 0 Å². The summed E-state index contributed by atoms with van der Waals surface area (Å²) in [7, 11) is 1.63. The number of rotatable bonds is 7. The van der Waals surface area contributed by atoms with Crippen LogP contribution in [0.1, 0.15) is 45.7 Å². The fourth-order valence-corrected chi connectivity index (χ4v) is 6.42. The molecular formula is C38H45FN8O4. The Morgan fingerprint density at radius 2 is 1.73 bits per heavy atom. The van der Waals surface area contributed by atoms with Crippen molar-refractivity contribution >= 4 is 28.0 Å². The fraction of sp³-hybridized carbons (Fsp3) is 0.395. The van der Waals surface area contributed by atoms with Crippen molar-refractivity contribution in [2.24, 2.45) is 7.05 Å². The third-order valence-electron chi connectivity index (χ3n) is 9.45. The number of piperazine rings is 1. The topological polar surface area (TPSA) is 131 Å². The molecular weight excluding hydrogens is 651 g/mol. The molecule has 0 atom stereocenters. The van der Waals surface area contributed by atoms with Gasteiger partial charge in [-0.2, -0.15) is 9.78 Å². The first-order chi connectivity index (χ1) is 24.5. The molecule has 0 unspecified atom stereocenters. The molecule has 4 aromatic heterocycles. The summed E-state index contributed by atoms with van der Waals surface area (Å²) in [4.78, 5) is 40.6. The zero-order valence-corrected chi connectivity index (χ0v) is 30.0. The molecule has 0 aliphatic carbocycles. The maximum Gasteiger partial charge on any atom is 0.282 e. The molecule has 51 heavy (non-hydrogen) atoms. The summed E-state index contributed by atoms with van der Waals surface area (Å²) in [5.41, 5.74) is 2.33. The molecule has 6 heterocycles. The SMILES string of the molecule is CC.Cn1cc(-c2cncc(-n3ncc4cc(C(C)(C)C)cc(F)c4c3=O)c2CO)cc(Nc2ccc(N3CCN(C4COC4)CC3)cn2)c1=O. The maximum absolute atomic E-state index is 15.4. The molecule has 2 aliphatic rings. The Balaban J connectivity index is 0.00000220. The highest BCUT2D eigenvalue weighted by Crippen LogP contribution is 2.30. The number of pyridine rings is 3. The summed E-state index contributed by atoms with van der Waals surface area (Å²) in [5.74, 6) is -0.142. The number of fused-ring (bicyclic) bond motifs is 1. The van der Waals surface area contributed by atoms with Crippen molar-refractivity contribution in [3.63, 3.8) is 0 Å². The Hall–Kier alpha value is -4.98. The number of halogens is 1. The largest absolute Gasteiger partial charge is 0.392 e. The number of aliphatic hydroxyl groups is 1. The third kappa shape index (κ3) is 7.14. The van der Waals surface area contributed by atoms with E-state index in [1.807, 2.05) is 46.8 Å². The Morgan fingerprint density at radius 3 is 2.35 bits per heavy atom. The van der Waals surface area contributed by atoms with E-state index < -0.39 is 18.0 Å². The lowest BCUT2D eigenvalue weighted by molar-refractivity contribution is -0.0660. The van der Waals surface area contributed by atoms with Crippen LogP contribution in [0.15, 0.2) is 70.9 Å². The van der Waals surface area contributed by atoms with Gasteiger partial charge in [-0.1, -0.05) is 34.6 Å². The number of hydrogen-bond acceptors (Lipinski definition) is 10. The number of aliphatic hydroxyl groups excluding tert-OH is 1. The molecule has 2 aliphatic heterocycles. The van der Waals surface area contributed by atoms with Crippen LogP contribution in [-0.2, 0) is 23.8 Å². The van der Waals surface area contributed by atoms with Crippen LogP contribution in [0.4, 0.5) is 21.6 Å². The first-order valence-electron chi connectivity index (χ1n) is 17.3. The average Bonchev–Trinajstić information content (AvgIpc) is 3.10. The molecule has 13 heteroatoms. The Kier molecular flexibility index (Phi) is 10.3. The zero-order valence-electron chi connectivity index (χ0n) is 30.0. The molecule has 2 N–H and O–H groups in total. The van der Waals surface area contributed by atoms with E-state index in [1.165, 1.54) is 23.0 Å². The number of benzene rings is 1. The van der Waals surface area contributed by atoms with E-state index in [4.69, 9.17) is 4.74 Å². The zero-order chi connectivity index (χ0) is 36.4. The van der Waals surface area contributed by atoms with Gasteiger partial charge in [-0.25, -0.2) is 9.37 Å². The number of hydrogen-bond donors (Lipinski definition) is 2. The fourth-order valence-electron chi connectivity index (χ4n) is 6.42. The van der Waals surface area contributed by atoms with E-state index in [0.717, 1.165) is 55.3 Å². The highest BCUT2D eigenvalue weighted by atomic mass is 19.1. The predicted molar refractivity (Wildman–Crippen MR) is 198 cm³/mol. The van der Waals surface area contributed by atoms with E-state index >= 15 is 4.39 Å². The van der Waals surface area contributed by atoms with Crippen molar-refractivity contribution in [3.8, 4) is 16.8 Å². The molecule has 268 valence electrons. The monoisotopic (exact) mass is 696 g/mol. The number of aryl methyl sites for hydroxylation is 1. The first kappa shape index (κ1) is 35.8. The normalized spacial score (nSPS) is 15.3. The second-order valence-electron chi connectivity index (χ2n) is 13.7. The number of aromatic nitrogens is 5. The lowest BCUT2D eigenvalue weighted by Crippen LogP contribution is -2.56. The van der Waals surface area contributed by atoms with Gasteiger partial charge in [0.25, 0.3) is 11.1 Å². The molecule has 0 amide bonds. The summed E-state index contributed by atoms with van der Waals surface area (Å²) < 4.78 is 23.2. The maximum atomic E-state index is 15.4. The van der Waals surface area contributed by atoms with E-state index in [0.29, 0.717) is 33.9 Å². The average molecular weight is 697 g/mol. The highest BCUT2D eigenvalue weighted by Gasteiger charge is 2.29. The van der Waals surface area contributed by atoms with Crippen molar-refractivity contribution in [1.82, 2.24) is 29.2 Å². The Bertz CT molecular complexity index is 2150. The summed E-state index contributed by atoms with van der Waals surface area (Å²) in [5, 5.41) is 18.4. The van der Waals surface area contributed by atoms with Crippen molar-refractivity contribution in [2.45, 2.75) is 52.7 Å². The van der Waals surface area contributed by atoms with Crippen molar-refractivity contribution in [2.75, 3.05) is 49.6 Å². The van der Waals surface area contributed by atoms with E-state index in [2.05, 4.69) is 30.2 Å². The smallest absolute Gasteiger partial charge is 0.282 e. The molecule has 2 fully saturated rings. The Labute approximate surface area is 296 Å². The quantitative estimate of drug-likeness (QED) is 0.246. The van der Waals surface area contributed by atoms with Crippen LogP contribution in [0.5, 0.6) is 0 Å². The van der Waals surface area contributed by atoms with Gasteiger partial charge in [0.15, 0.2) is 0 Å². The molecule has 0 bridgehead atoms. The van der Waals surface area contributed by atoms with Crippen LogP contribution < -0.4 is 21.3 Å². The second-order valence-corrected chi connectivity index (χ2v) is 13.7. The lowest BCUT2D eigenvalue weighted by Gasteiger charge is -2.43.